The van der Waals surface area contributed by atoms with Crippen molar-refractivity contribution in [3.63, 3.8) is 0 Å². The standard InChI is InChI=1S/C9H7BrN4OS/c1-15-7-2-6(12-4-13-7)8-11-3-5(10)9(16)14-8/h2-4H,1H3,(H,11,14,16). The number of hydrogen-bond donors (Lipinski definition) is 1. The first kappa shape index (κ1) is 11.2. The lowest BCUT2D eigenvalue weighted by atomic mass is 10.4. The van der Waals surface area contributed by atoms with E-state index in [0.717, 1.165) is 4.47 Å². The first-order chi connectivity index (χ1) is 7.70. The lowest BCUT2D eigenvalue weighted by Crippen LogP contribution is -1.95. The topological polar surface area (TPSA) is 63.7 Å². The van der Waals surface area contributed by atoms with Crippen molar-refractivity contribution in [1.29, 1.82) is 0 Å². The molecule has 5 nitrogen and oxygen atoms in total. The van der Waals surface area contributed by atoms with Gasteiger partial charge in [0.05, 0.1) is 11.6 Å². The molecule has 0 amide bonds. The Kier molecular flexibility index (Phi) is 3.25. The molecular weight excluding hydrogens is 292 g/mol. The number of aromatic amines is 1. The molecule has 2 rings (SSSR count). The molecule has 0 saturated heterocycles. The zero-order valence-electron chi connectivity index (χ0n) is 8.27. The third-order valence-corrected chi connectivity index (χ3v) is 3.04. The number of rotatable bonds is 2. The molecule has 2 aromatic heterocycles. The molecule has 0 radical (unpaired) electrons. The van der Waals surface area contributed by atoms with Gasteiger partial charge in [0, 0.05) is 12.3 Å². The van der Waals surface area contributed by atoms with E-state index in [2.05, 4.69) is 35.9 Å². The van der Waals surface area contributed by atoms with Crippen LogP contribution >= 0.6 is 28.1 Å². The fourth-order valence-corrected chi connectivity index (χ4v) is 1.44. The monoisotopic (exact) mass is 298 g/mol. The van der Waals surface area contributed by atoms with E-state index in [0.29, 0.717) is 22.0 Å². The van der Waals surface area contributed by atoms with E-state index in [9.17, 15) is 0 Å². The number of ether oxygens (including phenoxy) is 1. The third kappa shape index (κ3) is 2.25. The number of hydrogen-bond acceptors (Lipinski definition) is 5. The highest BCUT2D eigenvalue weighted by Crippen LogP contribution is 2.17. The van der Waals surface area contributed by atoms with Gasteiger partial charge in [0.2, 0.25) is 5.88 Å². The van der Waals surface area contributed by atoms with Crippen molar-refractivity contribution >= 4 is 28.1 Å². The van der Waals surface area contributed by atoms with Gasteiger partial charge >= 0.3 is 0 Å². The summed E-state index contributed by atoms with van der Waals surface area (Å²) in [6, 6.07) is 1.68. The average Bonchev–Trinajstić information content (AvgIpc) is 2.33. The summed E-state index contributed by atoms with van der Waals surface area (Å²) in [7, 11) is 1.54. The van der Waals surface area contributed by atoms with E-state index in [1.54, 1.807) is 19.4 Å². The summed E-state index contributed by atoms with van der Waals surface area (Å²) in [6.45, 7) is 0. The number of nitrogens with one attached hydrogen (secondary N) is 1. The normalized spacial score (nSPS) is 10.1. The number of halogens is 1. The van der Waals surface area contributed by atoms with E-state index in [1.807, 2.05) is 0 Å². The number of methoxy groups -OCH3 is 1. The van der Waals surface area contributed by atoms with Crippen LogP contribution in [0.1, 0.15) is 0 Å². The van der Waals surface area contributed by atoms with E-state index in [-0.39, 0.29) is 0 Å². The largest absolute Gasteiger partial charge is 0.481 e. The van der Waals surface area contributed by atoms with Gasteiger partial charge in [-0.25, -0.2) is 15.0 Å². The molecule has 1 N–H and O–H groups in total. The van der Waals surface area contributed by atoms with Gasteiger partial charge in [-0.15, -0.1) is 0 Å². The van der Waals surface area contributed by atoms with Gasteiger partial charge < -0.3 is 9.72 Å². The Hall–Kier alpha value is -1.34. The maximum Gasteiger partial charge on any atom is 0.216 e. The summed E-state index contributed by atoms with van der Waals surface area (Å²) >= 11 is 8.36. The predicted molar refractivity (Wildman–Crippen MR) is 64.7 cm³/mol. The summed E-state index contributed by atoms with van der Waals surface area (Å²) in [5, 5.41) is 0. The zero-order chi connectivity index (χ0) is 11.5. The van der Waals surface area contributed by atoms with Crippen LogP contribution in [0.15, 0.2) is 23.1 Å². The van der Waals surface area contributed by atoms with Crippen LogP contribution in [-0.4, -0.2) is 27.0 Å². The molecule has 16 heavy (non-hydrogen) atoms. The Labute approximate surface area is 105 Å². The van der Waals surface area contributed by atoms with Crippen molar-refractivity contribution in [2.75, 3.05) is 7.11 Å². The van der Waals surface area contributed by atoms with Gasteiger partial charge in [-0.3, -0.25) is 0 Å². The summed E-state index contributed by atoms with van der Waals surface area (Å²) in [6.07, 6.45) is 3.04. The molecule has 82 valence electrons. The van der Waals surface area contributed by atoms with Gasteiger partial charge in [-0.1, -0.05) is 12.2 Å². The SMILES string of the molecule is COc1cc(-c2ncc(Br)c(=S)[nH]2)ncn1. The van der Waals surface area contributed by atoms with E-state index in [4.69, 9.17) is 17.0 Å². The van der Waals surface area contributed by atoms with Crippen molar-refractivity contribution in [1.82, 2.24) is 19.9 Å². The fourth-order valence-electron chi connectivity index (χ4n) is 1.09. The molecule has 0 saturated carbocycles. The first-order valence-corrected chi connectivity index (χ1v) is 5.52. The molecule has 0 unspecified atom stereocenters. The molecule has 2 aromatic rings. The number of aromatic nitrogens is 4. The minimum Gasteiger partial charge on any atom is -0.481 e. The summed E-state index contributed by atoms with van der Waals surface area (Å²) in [4.78, 5) is 15.1. The Balaban J connectivity index is 2.50. The second-order valence-corrected chi connectivity index (χ2v) is 4.12. The van der Waals surface area contributed by atoms with E-state index < -0.39 is 0 Å². The Morgan fingerprint density at radius 1 is 1.38 bits per heavy atom. The molecule has 2 heterocycles. The molecule has 0 aliphatic carbocycles. The maximum absolute atomic E-state index is 5.08. The molecule has 0 spiro atoms. The van der Waals surface area contributed by atoms with Crippen molar-refractivity contribution in [2.45, 2.75) is 0 Å². The van der Waals surface area contributed by atoms with Gasteiger partial charge in [-0.2, -0.15) is 0 Å². The Morgan fingerprint density at radius 2 is 2.19 bits per heavy atom. The van der Waals surface area contributed by atoms with Crippen molar-refractivity contribution < 1.29 is 4.74 Å². The molecule has 7 heteroatoms. The summed E-state index contributed by atoms with van der Waals surface area (Å²) in [5.41, 5.74) is 0.630. The smallest absolute Gasteiger partial charge is 0.216 e. The van der Waals surface area contributed by atoms with Crippen molar-refractivity contribution in [3.05, 3.63) is 27.7 Å². The van der Waals surface area contributed by atoms with Crippen LogP contribution in [0.2, 0.25) is 0 Å². The third-order valence-electron chi connectivity index (χ3n) is 1.85. The second-order valence-electron chi connectivity index (χ2n) is 2.85. The molecular formula is C9H7BrN4OS. The molecule has 0 aliphatic heterocycles. The average molecular weight is 299 g/mol. The minimum absolute atomic E-state index is 0.481. The number of H-pyrrole nitrogens is 1. The van der Waals surface area contributed by atoms with Gasteiger partial charge in [0.15, 0.2) is 5.82 Å². The van der Waals surface area contributed by atoms with Crippen LogP contribution in [0.3, 0.4) is 0 Å². The van der Waals surface area contributed by atoms with Crippen LogP contribution in [0.5, 0.6) is 5.88 Å². The van der Waals surface area contributed by atoms with Gasteiger partial charge in [0.25, 0.3) is 0 Å². The van der Waals surface area contributed by atoms with Gasteiger partial charge in [0.1, 0.15) is 16.7 Å². The highest BCUT2D eigenvalue weighted by atomic mass is 79.9. The van der Waals surface area contributed by atoms with Crippen LogP contribution in [0, 0.1) is 4.64 Å². The van der Waals surface area contributed by atoms with Crippen molar-refractivity contribution in [3.8, 4) is 17.4 Å². The molecule has 0 atom stereocenters. The fraction of sp³-hybridized carbons (Fsp3) is 0.111. The van der Waals surface area contributed by atoms with Crippen molar-refractivity contribution in [2.24, 2.45) is 0 Å². The van der Waals surface area contributed by atoms with Crippen LogP contribution < -0.4 is 4.74 Å². The highest BCUT2D eigenvalue weighted by Gasteiger charge is 2.04. The minimum atomic E-state index is 0.481. The van der Waals surface area contributed by atoms with Crippen LogP contribution in [0.25, 0.3) is 11.5 Å². The molecule has 0 fully saturated rings. The maximum atomic E-state index is 5.08. The molecule has 0 bridgehead atoms. The van der Waals surface area contributed by atoms with E-state index in [1.165, 1.54) is 6.33 Å². The number of nitrogens with zero attached hydrogens (tertiary/aromatic N) is 3. The first-order valence-electron chi connectivity index (χ1n) is 4.32. The quantitative estimate of drug-likeness (QED) is 0.863. The lowest BCUT2D eigenvalue weighted by Gasteiger charge is -2.02. The van der Waals surface area contributed by atoms with Crippen LogP contribution in [0.4, 0.5) is 0 Å². The van der Waals surface area contributed by atoms with E-state index >= 15 is 0 Å². The Bertz CT molecular complexity index is 571. The van der Waals surface area contributed by atoms with Gasteiger partial charge in [-0.05, 0) is 15.9 Å². The summed E-state index contributed by atoms with van der Waals surface area (Å²) < 4.78 is 6.32. The summed E-state index contributed by atoms with van der Waals surface area (Å²) in [5.74, 6) is 1.06. The Morgan fingerprint density at radius 3 is 2.88 bits per heavy atom. The predicted octanol–water partition coefficient (Wildman–Crippen LogP) is 2.37. The lowest BCUT2D eigenvalue weighted by molar-refractivity contribution is 0.397. The molecule has 0 aromatic carbocycles. The highest BCUT2D eigenvalue weighted by molar-refractivity contribution is 9.10. The van der Waals surface area contributed by atoms with Crippen LogP contribution in [-0.2, 0) is 0 Å². The second kappa shape index (κ2) is 4.67. The zero-order valence-corrected chi connectivity index (χ0v) is 10.7. The molecule has 0 aliphatic rings.